The van der Waals surface area contributed by atoms with E-state index in [2.05, 4.69) is 10.3 Å². The maximum atomic E-state index is 13.2. The minimum absolute atomic E-state index is 0.0243. The lowest BCUT2D eigenvalue weighted by Crippen LogP contribution is -2.08. The fourth-order valence-electron chi connectivity index (χ4n) is 2.45. The molecule has 1 heterocycles. The Balaban J connectivity index is 1.87. The van der Waals surface area contributed by atoms with Gasteiger partial charge in [0, 0.05) is 34.3 Å². The zero-order valence-corrected chi connectivity index (χ0v) is 16.3. The predicted molar refractivity (Wildman–Crippen MR) is 108 cm³/mol. The third-order valence-electron chi connectivity index (χ3n) is 3.89. The molecule has 6 nitrogen and oxygen atoms in total. The number of thiazole rings is 1. The van der Waals surface area contributed by atoms with Gasteiger partial charge in [-0.05, 0) is 30.3 Å². The highest BCUT2D eigenvalue weighted by Crippen LogP contribution is 2.37. The van der Waals surface area contributed by atoms with E-state index in [0.717, 1.165) is 23.6 Å². The van der Waals surface area contributed by atoms with Crippen molar-refractivity contribution in [1.29, 1.82) is 5.26 Å². The zero-order valence-electron chi connectivity index (χ0n) is 14.8. The van der Waals surface area contributed by atoms with Gasteiger partial charge in [-0.15, -0.1) is 11.3 Å². The smallest absolute Gasteiger partial charge is 0.360 e. The van der Waals surface area contributed by atoms with Gasteiger partial charge in [-0.3, -0.25) is 10.1 Å². The molecule has 0 bridgehead atoms. The van der Waals surface area contributed by atoms with E-state index in [1.54, 1.807) is 5.38 Å². The molecule has 0 amide bonds. The van der Waals surface area contributed by atoms with Crippen LogP contribution in [0.3, 0.4) is 0 Å². The Hall–Kier alpha value is -3.42. The molecule has 0 atom stereocenters. The van der Waals surface area contributed by atoms with E-state index < -0.39 is 16.7 Å². The predicted octanol–water partition coefficient (Wildman–Crippen LogP) is 6.37. The molecule has 0 saturated heterocycles. The van der Waals surface area contributed by atoms with E-state index in [-0.39, 0.29) is 27.0 Å². The molecule has 0 aliphatic heterocycles. The molecule has 152 valence electrons. The molecule has 30 heavy (non-hydrogen) atoms. The van der Waals surface area contributed by atoms with Crippen LogP contribution in [0.4, 0.5) is 24.5 Å². The van der Waals surface area contributed by atoms with Crippen LogP contribution in [0.5, 0.6) is 0 Å². The molecule has 0 spiro atoms. The zero-order chi connectivity index (χ0) is 21.9. The van der Waals surface area contributed by atoms with Gasteiger partial charge in [0.15, 0.2) is 0 Å². The Labute approximate surface area is 177 Å². The molecule has 3 rings (SSSR count). The van der Waals surface area contributed by atoms with Gasteiger partial charge in [0.1, 0.15) is 16.6 Å². The summed E-state index contributed by atoms with van der Waals surface area (Å²) in [5.41, 5.74) is -0.185. The summed E-state index contributed by atoms with van der Waals surface area (Å²) < 4.78 is 39.6. The molecule has 0 unspecified atom stereocenters. The summed E-state index contributed by atoms with van der Waals surface area (Å²) in [5, 5.41) is 24.5. The molecule has 0 saturated carbocycles. The van der Waals surface area contributed by atoms with Gasteiger partial charge in [0.25, 0.3) is 5.69 Å². The quantitative estimate of drug-likeness (QED) is 0.277. The molecule has 1 N–H and O–H groups in total. The van der Waals surface area contributed by atoms with Crippen molar-refractivity contribution in [3.63, 3.8) is 0 Å². The Morgan fingerprint density at radius 2 is 1.97 bits per heavy atom. The van der Waals surface area contributed by atoms with E-state index in [0.29, 0.717) is 11.3 Å². The number of allylic oxidation sites excluding steroid dienone is 1. The maximum absolute atomic E-state index is 13.2. The number of aromatic nitrogens is 1. The fraction of sp³-hybridized carbons (Fsp3) is 0.0526. The van der Waals surface area contributed by atoms with Gasteiger partial charge in [-0.1, -0.05) is 11.6 Å². The fourth-order valence-corrected chi connectivity index (χ4v) is 3.42. The Morgan fingerprint density at radius 1 is 1.27 bits per heavy atom. The van der Waals surface area contributed by atoms with Crippen molar-refractivity contribution in [3.8, 4) is 17.3 Å². The Kier molecular flexibility index (Phi) is 6.05. The van der Waals surface area contributed by atoms with Crippen molar-refractivity contribution >= 4 is 39.9 Å². The topological polar surface area (TPSA) is 91.8 Å². The number of nitriles is 1. The van der Waals surface area contributed by atoms with Crippen LogP contribution in [-0.2, 0) is 6.18 Å². The van der Waals surface area contributed by atoms with Gasteiger partial charge in [0.2, 0.25) is 0 Å². The van der Waals surface area contributed by atoms with Crippen LogP contribution in [0.2, 0.25) is 5.02 Å². The van der Waals surface area contributed by atoms with Crippen LogP contribution < -0.4 is 5.32 Å². The van der Waals surface area contributed by atoms with Crippen molar-refractivity contribution in [1.82, 2.24) is 4.98 Å². The number of nitro groups is 1. The largest absolute Gasteiger partial charge is 0.418 e. The highest BCUT2D eigenvalue weighted by molar-refractivity contribution is 7.11. The molecular weight excluding hydrogens is 441 g/mol. The van der Waals surface area contributed by atoms with E-state index in [9.17, 15) is 28.5 Å². The van der Waals surface area contributed by atoms with E-state index in [1.165, 1.54) is 36.4 Å². The first-order valence-corrected chi connectivity index (χ1v) is 9.39. The van der Waals surface area contributed by atoms with Crippen LogP contribution in [-0.4, -0.2) is 9.91 Å². The lowest BCUT2D eigenvalue weighted by Gasteiger charge is -2.13. The number of benzene rings is 2. The number of anilines is 1. The maximum Gasteiger partial charge on any atom is 0.418 e. The van der Waals surface area contributed by atoms with Gasteiger partial charge in [-0.2, -0.15) is 18.4 Å². The normalized spacial score (nSPS) is 11.8. The minimum atomic E-state index is -4.63. The summed E-state index contributed by atoms with van der Waals surface area (Å²) in [5.74, 6) is 0. The lowest BCUT2D eigenvalue weighted by atomic mass is 10.1. The monoisotopic (exact) mass is 450 g/mol. The first-order valence-electron chi connectivity index (χ1n) is 8.13. The van der Waals surface area contributed by atoms with Crippen molar-refractivity contribution in [2.75, 3.05) is 5.32 Å². The SMILES string of the molecule is N#C/C(=C/Nc1ccc(Cl)cc1C(F)(F)F)c1nc(-c2ccc([N+](=O)[O-])cc2)cs1. The number of nitrogens with one attached hydrogen (secondary N) is 1. The second-order valence-electron chi connectivity index (χ2n) is 5.84. The number of non-ortho nitro benzene ring substituents is 1. The molecule has 0 fully saturated rings. The second-order valence-corrected chi connectivity index (χ2v) is 7.14. The summed E-state index contributed by atoms with van der Waals surface area (Å²) in [6, 6.07) is 10.9. The third-order valence-corrected chi connectivity index (χ3v) is 5.00. The number of nitrogens with zero attached hydrogens (tertiary/aromatic N) is 3. The van der Waals surface area contributed by atoms with E-state index in [1.807, 2.05) is 6.07 Å². The molecular formula is C19H10ClF3N4O2S. The molecule has 3 aromatic rings. The van der Waals surface area contributed by atoms with Gasteiger partial charge in [0.05, 0.1) is 21.9 Å². The summed E-state index contributed by atoms with van der Waals surface area (Å²) in [7, 11) is 0. The summed E-state index contributed by atoms with van der Waals surface area (Å²) >= 11 is 6.77. The average molecular weight is 451 g/mol. The first kappa shape index (κ1) is 21.3. The Morgan fingerprint density at radius 3 is 2.57 bits per heavy atom. The molecule has 1 aromatic heterocycles. The number of rotatable bonds is 5. The molecule has 2 aromatic carbocycles. The van der Waals surface area contributed by atoms with Gasteiger partial charge >= 0.3 is 6.18 Å². The van der Waals surface area contributed by atoms with Crippen LogP contribution in [0.1, 0.15) is 10.6 Å². The molecule has 11 heteroatoms. The van der Waals surface area contributed by atoms with Crippen molar-refractivity contribution in [2.24, 2.45) is 0 Å². The van der Waals surface area contributed by atoms with Crippen molar-refractivity contribution in [2.45, 2.75) is 6.18 Å². The number of hydrogen-bond donors (Lipinski definition) is 1. The number of hydrogen-bond acceptors (Lipinski definition) is 6. The summed E-state index contributed by atoms with van der Waals surface area (Å²) in [6.07, 6.45) is -3.49. The first-order chi connectivity index (χ1) is 14.2. The molecule has 0 aliphatic rings. The van der Waals surface area contributed by atoms with Crippen LogP contribution in [0.25, 0.3) is 16.8 Å². The highest BCUT2D eigenvalue weighted by Gasteiger charge is 2.33. The van der Waals surface area contributed by atoms with E-state index >= 15 is 0 Å². The minimum Gasteiger partial charge on any atom is -0.360 e. The second kappa shape index (κ2) is 8.52. The molecule has 0 aliphatic carbocycles. The summed E-state index contributed by atoms with van der Waals surface area (Å²) in [4.78, 5) is 14.5. The Bertz CT molecular complexity index is 1170. The number of nitro benzene ring substituents is 1. The number of alkyl halides is 3. The summed E-state index contributed by atoms with van der Waals surface area (Å²) in [6.45, 7) is 0. The molecule has 0 radical (unpaired) electrons. The van der Waals surface area contributed by atoms with Gasteiger partial charge < -0.3 is 5.32 Å². The standard InChI is InChI=1S/C19H10ClF3N4O2S/c20-13-3-6-16(15(7-13)19(21,22)23)25-9-12(8-24)18-26-17(10-30-18)11-1-4-14(5-2-11)27(28)29/h1-7,9-10,25H/b12-9-. The van der Waals surface area contributed by atoms with Crippen LogP contribution in [0, 0.1) is 21.4 Å². The van der Waals surface area contributed by atoms with E-state index in [4.69, 9.17) is 11.6 Å². The third kappa shape index (κ3) is 4.76. The van der Waals surface area contributed by atoms with Gasteiger partial charge in [-0.25, -0.2) is 4.98 Å². The lowest BCUT2D eigenvalue weighted by molar-refractivity contribution is -0.384. The van der Waals surface area contributed by atoms with Crippen molar-refractivity contribution < 1.29 is 18.1 Å². The van der Waals surface area contributed by atoms with Crippen molar-refractivity contribution in [3.05, 3.63) is 79.8 Å². The van der Waals surface area contributed by atoms with Crippen LogP contribution in [0.15, 0.2) is 54.0 Å². The average Bonchev–Trinajstić information content (AvgIpc) is 3.18. The number of halogens is 4. The highest BCUT2D eigenvalue weighted by atomic mass is 35.5. The van der Waals surface area contributed by atoms with Crippen LogP contribution >= 0.6 is 22.9 Å².